The molecule has 0 amide bonds. The minimum absolute atomic E-state index is 0.114. The number of carbonyl (C=O) groups is 1. The molecule has 3 aromatic carbocycles. The molecule has 0 aliphatic heterocycles. The molecule has 0 aliphatic rings. The van der Waals surface area contributed by atoms with Gasteiger partial charge in [0.05, 0.1) is 5.52 Å². The Morgan fingerprint density at radius 1 is 0.800 bits per heavy atom. The first-order chi connectivity index (χ1) is 12.2. The summed E-state index contributed by atoms with van der Waals surface area (Å²) in [6, 6.07) is 24.6. The van der Waals surface area contributed by atoms with Crippen molar-refractivity contribution in [3.8, 4) is 11.4 Å². The number of fused-ring (bicyclic) bond motifs is 1. The standard InChI is InChI=1S/C21H13BrN2O/c22-16-10-6-9-15(13-16)20(25)19-17-11-4-5-12-18(17)23-21(24-19)14-7-2-1-3-8-14/h1-13H. The fourth-order valence-electron chi connectivity index (χ4n) is 2.73. The lowest BCUT2D eigenvalue weighted by Gasteiger charge is -2.08. The third-order valence-electron chi connectivity index (χ3n) is 3.94. The number of aromatic nitrogens is 2. The molecule has 0 saturated heterocycles. The molecule has 0 unspecified atom stereocenters. The number of hydrogen-bond donors (Lipinski definition) is 0. The van der Waals surface area contributed by atoms with Crippen LogP contribution in [0.3, 0.4) is 0 Å². The molecule has 1 heterocycles. The van der Waals surface area contributed by atoms with E-state index in [0.717, 1.165) is 20.9 Å². The Balaban J connectivity index is 1.94. The average Bonchev–Trinajstić information content (AvgIpc) is 2.67. The third kappa shape index (κ3) is 3.08. The van der Waals surface area contributed by atoms with Gasteiger partial charge < -0.3 is 0 Å². The zero-order valence-electron chi connectivity index (χ0n) is 13.2. The Morgan fingerprint density at radius 3 is 2.36 bits per heavy atom. The van der Waals surface area contributed by atoms with Gasteiger partial charge in [-0.15, -0.1) is 0 Å². The first-order valence-electron chi connectivity index (χ1n) is 7.85. The monoisotopic (exact) mass is 388 g/mol. The molecule has 120 valence electrons. The van der Waals surface area contributed by atoms with E-state index in [1.165, 1.54) is 0 Å². The molecule has 0 radical (unpaired) electrons. The van der Waals surface area contributed by atoms with Gasteiger partial charge in [0.2, 0.25) is 5.78 Å². The highest BCUT2D eigenvalue weighted by atomic mass is 79.9. The van der Waals surface area contributed by atoms with E-state index in [9.17, 15) is 4.79 Å². The van der Waals surface area contributed by atoms with Gasteiger partial charge in [-0.05, 0) is 18.2 Å². The maximum Gasteiger partial charge on any atom is 0.212 e. The highest BCUT2D eigenvalue weighted by Crippen LogP contribution is 2.24. The normalized spacial score (nSPS) is 10.8. The van der Waals surface area contributed by atoms with E-state index in [4.69, 9.17) is 0 Å². The second-order valence-electron chi connectivity index (χ2n) is 5.62. The van der Waals surface area contributed by atoms with E-state index in [-0.39, 0.29) is 5.78 Å². The molecular formula is C21H13BrN2O. The van der Waals surface area contributed by atoms with Crippen LogP contribution in [0.2, 0.25) is 0 Å². The van der Waals surface area contributed by atoms with Crippen molar-refractivity contribution < 1.29 is 4.79 Å². The Morgan fingerprint density at radius 2 is 1.56 bits per heavy atom. The number of ketones is 1. The molecule has 0 atom stereocenters. The maximum absolute atomic E-state index is 13.1. The van der Waals surface area contributed by atoms with E-state index in [0.29, 0.717) is 17.1 Å². The molecule has 25 heavy (non-hydrogen) atoms. The Kier molecular flexibility index (Phi) is 4.12. The number of benzene rings is 3. The van der Waals surface area contributed by atoms with Crippen molar-refractivity contribution in [1.82, 2.24) is 9.97 Å². The summed E-state index contributed by atoms with van der Waals surface area (Å²) in [5.74, 6) is 0.440. The van der Waals surface area contributed by atoms with Gasteiger partial charge in [-0.25, -0.2) is 9.97 Å². The summed E-state index contributed by atoms with van der Waals surface area (Å²) >= 11 is 3.42. The smallest absolute Gasteiger partial charge is 0.212 e. The van der Waals surface area contributed by atoms with Crippen molar-refractivity contribution in [2.24, 2.45) is 0 Å². The molecule has 0 spiro atoms. The molecule has 4 rings (SSSR count). The zero-order valence-corrected chi connectivity index (χ0v) is 14.8. The van der Waals surface area contributed by atoms with Crippen molar-refractivity contribution in [1.29, 1.82) is 0 Å². The van der Waals surface area contributed by atoms with Gasteiger partial charge >= 0.3 is 0 Å². The number of halogens is 1. The third-order valence-corrected chi connectivity index (χ3v) is 4.43. The van der Waals surface area contributed by atoms with Gasteiger partial charge in [0.25, 0.3) is 0 Å². The van der Waals surface area contributed by atoms with Crippen LogP contribution in [-0.2, 0) is 0 Å². The molecule has 0 aliphatic carbocycles. The van der Waals surface area contributed by atoms with Crippen LogP contribution < -0.4 is 0 Å². The summed E-state index contributed by atoms with van der Waals surface area (Å²) in [4.78, 5) is 22.3. The lowest BCUT2D eigenvalue weighted by atomic mass is 10.0. The summed E-state index contributed by atoms with van der Waals surface area (Å²) in [7, 11) is 0. The van der Waals surface area contributed by atoms with Gasteiger partial charge in [-0.2, -0.15) is 0 Å². The summed E-state index contributed by atoms with van der Waals surface area (Å²) in [5.41, 5.74) is 2.66. The number of hydrogen-bond acceptors (Lipinski definition) is 3. The minimum atomic E-state index is -0.114. The second-order valence-corrected chi connectivity index (χ2v) is 6.53. The number of carbonyl (C=O) groups excluding carboxylic acids is 1. The molecule has 0 saturated carbocycles. The summed E-state index contributed by atoms with van der Waals surface area (Å²) in [6.45, 7) is 0. The summed E-state index contributed by atoms with van der Waals surface area (Å²) in [6.07, 6.45) is 0. The van der Waals surface area contributed by atoms with E-state index < -0.39 is 0 Å². The van der Waals surface area contributed by atoms with Gasteiger partial charge in [0, 0.05) is 21.0 Å². The van der Waals surface area contributed by atoms with E-state index in [1.807, 2.05) is 66.7 Å². The van der Waals surface area contributed by atoms with Crippen molar-refractivity contribution in [2.75, 3.05) is 0 Å². The summed E-state index contributed by atoms with van der Waals surface area (Å²) < 4.78 is 0.861. The Bertz CT molecular complexity index is 1080. The van der Waals surface area contributed by atoms with Crippen LogP contribution in [0.25, 0.3) is 22.3 Å². The Labute approximate surface area is 153 Å². The highest BCUT2D eigenvalue weighted by Gasteiger charge is 2.17. The van der Waals surface area contributed by atoms with E-state index >= 15 is 0 Å². The first-order valence-corrected chi connectivity index (χ1v) is 8.64. The maximum atomic E-state index is 13.1. The topological polar surface area (TPSA) is 42.9 Å². The quantitative estimate of drug-likeness (QED) is 0.447. The number of nitrogens with zero attached hydrogens (tertiary/aromatic N) is 2. The fourth-order valence-corrected chi connectivity index (χ4v) is 3.13. The van der Waals surface area contributed by atoms with Crippen molar-refractivity contribution in [2.45, 2.75) is 0 Å². The molecular weight excluding hydrogens is 376 g/mol. The van der Waals surface area contributed by atoms with Crippen LogP contribution in [0.1, 0.15) is 16.1 Å². The van der Waals surface area contributed by atoms with E-state index in [1.54, 1.807) is 12.1 Å². The average molecular weight is 389 g/mol. The number of rotatable bonds is 3. The van der Waals surface area contributed by atoms with Gasteiger partial charge in [0.15, 0.2) is 5.82 Å². The SMILES string of the molecule is O=C(c1cccc(Br)c1)c1nc(-c2ccccc2)nc2ccccc12. The van der Waals surface area contributed by atoms with Crippen LogP contribution in [0.4, 0.5) is 0 Å². The predicted molar refractivity (Wildman–Crippen MR) is 103 cm³/mol. The van der Waals surface area contributed by atoms with Crippen LogP contribution in [0.5, 0.6) is 0 Å². The second kappa shape index (κ2) is 6.57. The van der Waals surface area contributed by atoms with Crippen LogP contribution in [-0.4, -0.2) is 15.8 Å². The van der Waals surface area contributed by atoms with Gasteiger partial charge in [-0.1, -0.05) is 76.6 Å². The van der Waals surface area contributed by atoms with Gasteiger partial charge in [-0.3, -0.25) is 4.79 Å². The van der Waals surface area contributed by atoms with Crippen molar-refractivity contribution >= 4 is 32.6 Å². The Hall–Kier alpha value is -2.85. The molecule has 1 aromatic heterocycles. The summed E-state index contributed by atoms with van der Waals surface area (Å²) in [5, 5.41) is 0.757. The lowest BCUT2D eigenvalue weighted by Crippen LogP contribution is -2.07. The molecule has 0 fully saturated rings. The zero-order chi connectivity index (χ0) is 17.2. The fraction of sp³-hybridized carbons (Fsp3) is 0. The minimum Gasteiger partial charge on any atom is -0.287 e. The van der Waals surface area contributed by atoms with Crippen molar-refractivity contribution in [3.63, 3.8) is 0 Å². The molecule has 0 N–H and O–H groups in total. The van der Waals surface area contributed by atoms with Gasteiger partial charge in [0.1, 0.15) is 5.69 Å². The van der Waals surface area contributed by atoms with Crippen molar-refractivity contribution in [3.05, 3.63) is 94.6 Å². The van der Waals surface area contributed by atoms with Crippen LogP contribution in [0, 0.1) is 0 Å². The van der Waals surface area contributed by atoms with E-state index in [2.05, 4.69) is 25.9 Å². The van der Waals surface area contributed by atoms with Crippen LogP contribution in [0.15, 0.2) is 83.3 Å². The number of para-hydroxylation sites is 1. The molecule has 4 aromatic rings. The van der Waals surface area contributed by atoms with Crippen LogP contribution >= 0.6 is 15.9 Å². The molecule has 3 nitrogen and oxygen atoms in total. The predicted octanol–water partition coefficient (Wildman–Crippen LogP) is 5.29. The molecule has 0 bridgehead atoms. The highest BCUT2D eigenvalue weighted by molar-refractivity contribution is 9.10. The lowest BCUT2D eigenvalue weighted by molar-refractivity contribution is 0.103. The first kappa shape index (κ1) is 15.7. The molecule has 4 heteroatoms. The largest absolute Gasteiger partial charge is 0.287 e.